The zero-order chi connectivity index (χ0) is 15.9. The Morgan fingerprint density at radius 1 is 1.19 bits per heavy atom. The Bertz CT molecular complexity index is 432. The highest BCUT2D eigenvalue weighted by Crippen LogP contribution is 2.28. The Kier molecular flexibility index (Phi) is 6.95. The third-order valence-electron chi connectivity index (χ3n) is 2.95. The molecule has 0 heterocycles. The molecule has 1 atom stereocenters. The molecule has 0 N–H and O–H groups in total. The number of alkyl halides is 3. The molecule has 0 aliphatic heterocycles. The molecule has 21 heavy (non-hydrogen) atoms. The number of hydrogen-bond donors (Lipinski definition) is 0. The van der Waals surface area contributed by atoms with Gasteiger partial charge in [0.15, 0.2) is 0 Å². The summed E-state index contributed by atoms with van der Waals surface area (Å²) >= 11 is 0. The van der Waals surface area contributed by atoms with E-state index in [-0.39, 0.29) is 12.2 Å². The van der Waals surface area contributed by atoms with E-state index in [0.29, 0.717) is 25.2 Å². The summed E-state index contributed by atoms with van der Waals surface area (Å²) < 4.78 is 61.2. The smallest absolute Gasteiger partial charge is 0.392 e. The zero-order valence-corrected chi connectivity index (χ0v) is 12.2. The maximum atomic E-state index is 13.3. The first-order valence-corrected chi connectivity index (χ1v) is 6.95. The Morgan fingerprint density at radius 3 is 2.48 bits per heavy atom. The predicted octanol–water partition coefficient (Wildman–Crippen LogP) is 4.51. The van der Waals surface area contributed by atoms with Crippen molar-refractivity contribution in [1.82, 2.24) is 0 Å². The second-order valence-electron chi connectivity index (χ2n) is 4.67. The Hall–Kier alpha value is -1.30. The molecule has 0 radical (unpaired) electrons. The van der Waals surface area contributed by atoms with Crippen LogP contribution in [0.1, 0.15) is 32.3 Å². The first-order chi connectivity index (χ1) is 9.85. The van der Waals surface area contributed by atoms with Crippen molar-refractivity contribution >= 4 is 0 Å². The van der Waals surface area contributed by atoms with Crippen molar-refractivity contribution in [2.45, 2.75) is 45.4 Å². The fourth-order valence-electron chi connectivity index (χ4n) is 1.89. The molecular weight excluding hydrogens is 288 g/mol. The fourth-order valence-corrected chi connectivity index (χ4v) is 1.89. The molecule has 0 aromatic heterocycles. The summed E-state index contributed by atoms with van der Waals surface area (Å²) in [7, 11) is 0. The summed E-state index contributed by atoms with van der Waals surface area (Å²) in [6.07, 6.45) is -5.66. The van der Waals surface area contributed by atoms with Crippen molar-refractivity contribution in [3.05, 3.63) is 29.6 Å². The van der Waals surface area contributed by atoms with Crippen molar-refractivity contribution in [3.63, 3.8) is 0 Å². The van der Waals surface area contributed by atoms with Gasteiger partial charge in [-0.15, -0.1) is 0 Å². The SMILES string of the molecule is CCOCCc1cc(F)ccc1O[C@@H](CC)CC(F)(F)F. The van der Waals surface area contributed by atoms with Crippen LogP contribution in [-0.4, -0.2) is 25.5 Å². The van der Waals surface area contributed by atoms with Crippen molar-refractivity contribution in [1.29, 1.82) is 0 Å². The minimum atomic E-state index is -4.29. The third-order valence-corrected chi connectivity index (χ3v) is 2.95. The van der Waals surface area contributed by atoms with Crippen LogP contribution in [0.25, 0.3) is 0 Å². The molecule has 0 spiro atoms. The van der Waals surface area contributed by atoms with Crippen LogP contribution in [0.4, 0.5) is 17.6 Å². The summed E-state index contributed by atoms with van der Waals surface area (Å²) in [6.45, 7) is 4.35. The Morgan fingerprint density at radius 2 is 1.90 bits per heavy atom. The van der Waals surface area contributed by atoms with Gasteiger partial charge in [0, 0.05) is 6.61 Å². The average Bonchev–Trinajstić information content (AvgIpc) is 2.39. The maximum Gasteiger partial charge on any atom is 0.392 e. The van der Waals surface area contributed by atoms with E-state index < -0.39 is 24.5 Å². The van der Waals surface area contributed by atoms with Crippen LogP contribution in [0.15, 0.2) is 18.2 Å². The molecule has 1 aromatic rings. The molecule has 0 aliphatic carbocycles. The Balaban J connectivity index is 2.80. The molecule has 0 unspecified atom stereocenters. The molecule has 0 fully saturated rings. The minimum absolute atomic E-state index is 0.224. The number of ether oxygens (including phenoxy) is 2. The van der Waals surface area contributed by atoms with Gasteiger partial charge in [-0.3, -0.25) is 0 Å². The van der Waals surface area contributed by atoms with Gasteiger partial charge in [-0.05, 0) is 43.5 Å². The van der Waals surface area contributed by atoms with Gasteiger partial charge < -0.3 is 9.47 Å². The van der Waals surface area contributed by atoms with E-state index in [4.69, 9.17) is 9.47 Å². The van der Waals surface area contributed by atoms with E-state index in [9.17, 15) is 17.6 Å². The first kappa shape index (κ1) is 17.8. The predicted molar refractivity (Wildman–Crippen MR) is 72.0 cm³/mol. The lowest BCUT2D eigenvalue weighted by molar-refractivity contribution is -0.150. The molecule has 120 valence electrons. The molecule has 1 rings (SSSR count). The van der Waals surface area contributed by atoms with Crippen LogP contribution in [0.2, 0.25) is 0 Å². The summed E-state index contributed by atoms with van der Waals surface area (Å²) in [4.78, 5) is 0. The first-order valence-electron chi connectivity index (χ1n) is 6.95. The summed E-state index contributed by atoms with van der Waals surface area (Å²) in [5.41, 5.74) is 0.518. The number of halogens is 4. The largest absolute Gasteiger partial charge is 0.490 e. The van der Waals surface area contributed by atoms with Gasteiger partial charge in [0.05, 0.1) is 13.0 Å². The van der Waals surface area contributed by atoms with Crippen molar-refractivity contribution in [2.24, 2.45) is 0 Å². The molecule has 6 heteroatoms. The van der Waals surface area contributed by atoms with E-state index in [0.717, 1.165) is 0 Å². The van der Waals surface area contributed by atoms with Gasteiger partial charge in [0.1, 0.15) is 17.7 Å². The number of hydrogen-bond acceptors (Lipinski definition) is 2. The maximum absolute atomic E-state index is 13.3. The van der Waals surface area contributed by atoms with Crippen LogP contribution >= 0.6 is 0 Å². The lowest BCUT2D eigenvalue weighted by Gasteiger charge is -2.21. The molecule has 0 aliphatic rings. The van der Waals surface area contributed by atoms with Crippen LogP contribution in [0.3, 0.4) is 0 Å². The monoisotopic (exact) mass is 308 g/mol. The zero-order valence-electron chi connectivity index (χ0n) is 12.2. The van der Waals surface area contributed by atoms with Gasteiger partial charge >= 0.3 is 6.18 Å². The van der Waals surface area contributed by atoms with E-state index in [1.165, 1.54) is 18.2 Å². The van der Waals surface area contributed by atoms with Crippen molar-refractivity contribution in [2.75, 3.05) is 13.2 Å². The van der Waals surface area contributed by atoms with Crippen molar-refractivity contribution < 1.29 is 27.0 Å². The van der Waals surface area contributed by atoms with Crippen molar-refractivity contribution in [3.8, 4) is 5.75 Å². The highest BCUT2D eigenvalue weighted by Gasteiger charge is 2.32. The number of benzene rings is 1. The Labute approximate surface area is 122 Å². The lowest BCUT2D eigenvalue weighted by Crippen LogP contribution is -2.24. The lowest BCUT2D eigenvalue weighted by atomic mass is 10.1. The molecule has 1 aromatic carbocycles. The number of rotatable bonds is 8. The van der Waals surface area contributed by atoms with Gasteiger partial charge in [-0.1, -0.05) is 6.92 Å². The topological polar surface area (TPSA) is 18.5 Å². The highest BCUT2D eigenvalue weighted by molar-refractivity contribution is 5.34. The highest BCUT2D eigenvalue weighted by atomic mass is 19.4. The molecule has 2 nitrogen and oxygen atoms in total. The van der Waals surface area contributed by atoms with E-state index >= 15 is 0 Å². The molecule has 0 bridgehead atoms. The van der Waals surface area contributed by atoms with Crippen LogP contribution in [0.5, 0.6) is 5.75 Å². The van der Waals surface area contributed by atoms with Gasteiger partial charge in [-0.2, -0.15) is 13.2 Å². The van der Waals surface area contributed by atoms with E-state index in [2.05, 4.69) is 0 Å². The third kappa shape index (κ3) is 6.80. The quantitative estimate of drug-likeness (QED) is 0.519. The van der Waals surface area contributed by atoms with Gasteiger partial charge in [0.2, 0.25) is 0 Å². The average molecular weight is 308 g/mol. The molecule has 0 saturated carbocycles. The minimum Gasteiger partial charge on any atom is -0.490 e. The summed E-state index contributed by atoms with van der Waals surface area (Å²) in [5.74, 6) is -0.162. The van der Waals surface area contributed by atoms with Crippen LogP contribution in [0, 0.1) is 5.82 Å². The molecule has 0 saturated heterocycles. The standard InChI is InChI=1S/C15H20F4O2/c1-3-13(10-15(17,18)19)21-14-6-5-12(16)9-11(14)7-8-20-4-2/h5-6,9,13H,3-4,7-8,10H2,1-2H3/t13-/m0/s1. The molecular formula is C15H20F4O2. The normalized spacial score (nSPS) is 13.2. The fraction of sp³-hybridized carbons (Fsp3) is 0.600. The van der Waals surface area contributed by atoms with Gasteiger partial charge in [-0.25, -0.2) is 4.39 Å². The van der Waals surface area contributed by atoms with E-state index in [1.54, 1.807) is 6.92 Å². The molecule has 0 amide bonds. The second kappa shape index (κ2) is 8.22. The van der Waals surface area contributed by atoms with Gasteiger partial charge in [0.25, 0.3) is 0 Å². The van der Waals surface area contributed by atoms with E-state index in [1.807, 2.05) is 6.92 Å². The second-order valence-corrected chi connectivity index (χ2v) is 4.67. The summed E-state index contributed by atoms with van der Waals surface area (Å²) in [5, 5.41) is 0. The van der Waals surface area contributed by atoms with Crippen LogP contribution < -0.4 is 4.74 Å². The summed E-state index contributed by atoms with van der Waals surface area (Å²) in [6, 6.07) is 3.82. The van der Waals surface area contributed by atoms with Crippen LogP contribution in [-0.2, 0) is 11.2 Å².